The zero-order valence-electron chi connectivity index (χ0n) is 16.1. The van der Waals surface area contributed by atoms with Gasteiger partial charge in [0.05, 0.1) is 28.6 Å². The lowest BCUT2D eigenvalue weighted by Crippen LogP contribution is -2.08. The van der Waals surface area contributed by atoms with Gasteiger partial charge in [0, 0.05) is 15.7 Å². The van der Waals surface area contributed by atoms with Crippen LogP contribution in [-0.4, -0.2) is 29.6 Å². The lowest BCUT2D eigenvalue weighted by molar-refractivity contribution is 0.483. The highest BCUT2D eigenvalue weighted by molar-refractivity contribution is 7.85. The van der Waals surface area contributed by atoms with Gasteiger partial charge < -0.3 is 10.2 Å². The van der Waals surface area contributed by atoms with Crippen LogP contribution in [0.1, 0.15) is 32.1 Å². The number of nitrogen functional groups attached to an aromatic ring is 1. The predicted molar refractivity (Wildman–Crippen MR) is 112 cm³/mol. The van der Waals surface area contributed by atoms with Gasteiger partial charge in [-0.3, -0.25) is 4.21 Å². The molecule has 8 heteroatoms. The van der Waals surface area contributed by atoms with Crippen LogP contribution < -0.4 is 5.73 Å². The molecule has 7 nitrogen and oxygen atoms in total. The smallest absolute Gasteiger partial charge is 0.270 e. The third kappa shape index (κ3) is 3.88. The second-order valence-corrected chi connectivity index (χ2v) is 8.91. The van der Waals surface area contributed by atoms with Crippen molar-refractivity contribution in [2.75, 3.05) is 5.73 Å². The quantitative estimate of drug-likeness (QED) is 0.683. The highest BCUT2D eigenvalue weighted by Gasteiger charge is 2.21. The molecule has 2 unspecified atom stereocenters. The number of hydrogen-bond acceptors (Lipinski definition) is 7. The summed E-state index contributed by atoms with van der Waals surface area (Å²) in [5, 5.41) is 8.26. The molecule has 0 saturated carbocycles. The van der Waals surface area contributed by atoms with E-state index in [2.05, 4.69) is 26.2 Å². The van der Waals surface area contributed by atoms with Crippen molar-refractivity contribution in [3.8, 4) is 22.8 Å². The van der Waals surface area contributed by atoms with Crippen molar-refractivity contribution in [1.29, 1.82) is 0 Å². The first-order valence-corrected chi connectivity index (χ1v) is 10.6. The third-order valence-electron chi connectivity index (χ3n) is 4.55. The molecule has 3 aromatic rings. The highest BCUT2D eigenvalue weighted by atomic mass is 32.2. The maximum absolute atomic E-state index is 12.7. The predicted octanol–water partition coefficient (Wildman–Crippen LogP) is 3.89. The second kappa shape index (κ2) is 8.08. The summed E-state index contributed by atoms with van der Waals surface area (Å²) in [6.07, 6.45) is 10.4. The molecule has 1 aliphatic carbocycles. The lowest BCUT2D eigenvalue weighted by atomic mass is 10.0. The van der Waals surface area contributed by atoms with Crippen LogP contribution in [0.15, 0.2) is 64.1 Å². The Kier molecular flexibility index (Phi) is 5.35. The molecule has 0 saturated heterocycles. The molecule has 0 aliphatic heterocycles. The van der Waals surface area contributed by atoms with Gasteiger partial charge in [-0.05, 0) is 12.5 Å². The van der Waals surface area contributed by atoms with Gasteiger partial charge in [0.15, 0.2) is 11.5 Å². The summed E-state index contributed by atoms with van der Waals surface area (Å²) in [5.74, 6) is 0.962. The third-order valence-corrected chi connectivity index (χ3v) is 6.20. The summed E-state index contributed by atoms with van der Waals surface area (Å²) < 4.78 is 18.6. The van der Waals surface area contributed by atoms with E-state index in [1.54, 1.807) is 6.20 Å². The van der Waals surface area contributed by atoms with Crippen LogP contribution in [0.2, 0.25) is 0 Å². The van der Waals surface area contributed by atoms with Crippen molar-refractivity contribution in [3.05, 3.63) is 60.7 Å². The van der Waals surface area contributed by atoms with E-state index < -0.39 is 10.8 Å². The van der Waals surface area contributed by atoms with Gasteiger partial charge in [0.1, 0.15) is 0 Å². The Morgan fingerprint density at radius 1 is 1.21 bits per heavy atom. The normalized spacial score (nSPS) is 17.0. The first-order chi connectivity index (χ1) is 14.0. The SMILES string of the molecule is CC(C)S(=O)c1ccccc1-c1cnc(N)c(-c2nnc(C3C=CC=CC3)o2)n1. The number of rotatable bonds is 5. The minimum absolute atomic E-state index is 0.0199. The Morgan fingerprint density at radius 2 is 2.03 bits per heavy atom. The van der Waals surface area contributed by atoms with Gasteiger partial charge in [0.25, 0.3) is 5.89 Å². The molecule has 4 rings (SSSR count). The van der Waals surface area contributed by atoms with E-state index >= 15 is 0 Å². The molecule has 1 aliphatic rings. The second-order valence-electron chi connectivity index (χ2n) is 6.93. The van der Waals surface area contributed by atoms with E-state index in [1.807, 2.05) is 56.3 Å². The van der Waals surface area contributed by atoms with Crippen molar-refractivity contribution in [2.24, 2.45) is 0 Å². The van der Waals surface area contributed by atoms with E-state index in [9.17, 15) is 4.21 Å². The zero-order valence-corrected chi connectivity index (χ0v) is 17.0. The van der Waals surface area contributed by atoms with Crippen molar-refractivity contribution in [1.82, 2.24) is 20.2 Å². The van der Waals surface area contributed by atoms with Crippen LogP contribution >= 0.6 is 0 Å². The average Bonchev–Trinajstić information content (AvgIpc) is 3.24. The fourth-order valence-corrected chi connectivity index (χ4v) is 4.15. The molecule has 2 atom stereocenters. The Morgan fingerprint density at radius 3 is 2.79 bits per heavy atom. The molecule has 0 fully saturated rings. The summed E-state index contributed by atoms with van der Waals surface area (Å²) in [4.78, 5) is 9.59. The van der Waals surface area contributed by atoms with Crippen LogP contribution in [0.4, 0.5) is 5.82 Å². The van der Waals surface area contributed by atoms with E-state index in [-0.39, 0.29) is 22.9 Å². The summed E-state index contributed by atoms with van der Waals surface area (Å²) in [5.41, 5.74) is 7.67. The first-order valence-electron chi connectivity index (χ1n) is 9.34. The van der Waals surface area contributed by atoms with Crippen molar-refractivity contribution >= 4 is 16.6 Å². The molecular formula is C21H21N5O2S. The van der Waals surface area contributed by atoms with E-state index in [1.165, 1.54) is 0 Å². The fourth-order valence-electron chi connectivity index (χ4n) is 3.04. The van der Waals surface area contributed by atoms with E-state index in [4.69, 9.17) is 10.2 Å². The van der Waals surface area contributed by atoms with Crippen molar-refractivity contribution < 1.29 is 8.63 Å². The van der Waals surface area contributed by atoms with Gasteiger partial charge in [-0.25, -0.2) is 9.97 Å². The van der Waals surface area contributed by atoms with Crippen LogP contribution in [-0.2, 0) is 10.8 Å². The van der Waals surface area contributed by atoms with Gasteiger partial charge >= 0.3 is 0 Å². The summed E-state index contributed by atoms with van der Waals surface area (Å²) in [7, 11) is -1.17. The number of nitrogens with two attached hydrogens (primary N) is 1. The minimum atomic E-state index is -1.17. The van der Waals surface area contributed by atoms with Gasteiger partial charge in [-0.2, -0.15) is 0 Å². The van der Waals surface area contributed by atoms with Gasteiger partial charge in [-0.1, -0.05) is 56.4 Å². The first kappa shape index (κ1) is 19.2. The van der Waals surface area contributed by atoms with Crippen molar-refractivity contribution in [3.63, 3.8) is 0 Å². The summed E-state index contributed by atoms with van der Waals surface area (Å²) >= 11 is 0. The number of aromatic nitrogens is 4. The zero-order chi connectivity index (χ0) is 20.4. The number of benzene rings is 1. The van der Waals surface area contributed by atoms with Crippen LogP contribution in [0.25, 0.3) is 22.8 Å². The number of allylic oxidation sites excluding steroid dienone is 4. The van der Waals surface area contributed by atoms with Crippen LogP contribution in [0.3, 0.4) is 0 Å². The fraction of sp³-hybridized carbons (Fsp3) is 0.238. The molecule has 1 aromatic carbocycles. The Labute approximate surface area is 171 Å². The molecule has 148 valence electrons. The topological polar surface area (TPSA) is 108 Å². The largest absolute Gasteiger partial charge is 0.419 e. The molecule has 2 N–H and O–H groups in total. The molecule has 0 radical (unpaired) electrons. The molecule has 0 bridgehead atoms. The van der Waals surface area contributed by atoms with E-state index in [0.29, 0.717) is 22.2 Å². The Bertz CT molecular complexity index is 1120. The van der Waals surface area contributed by atoms with Crippen LogP contribution in [0, 0.1) is 0 Å². The Hall–Kier alpha value is -3.13. The molecule has 0 spiro atoms. The average molecular weight is 407 g/mol. The monoisotopic (exact) mass is 407 g/mol. The van der Waals surface area contributed by atoms with Crippen molar-refractivity contribution in [2.45, 2.75) is 36.3 Å². The maximum atomic E-state index is 12.7. The molecule has 29 heavy (non-hydrogen) atoms. The molecule has 2 heterocycles. The number of nitrogens with zero attached hydrogens (tertiary/aromatic N) is 4. The number of hydrogen-bond donors (Lipinski definition) is 1. The Balaban J connectivity index is 1.73. The van der Waals surface area contributed by atoms with Gasteiger partial charge in [0.2, 0.25) is 5.89 Å². The van der Waals surface area contributed by atoms with Crippen LogP contribution in [0.5, 0.6) is 0 Å². The van der Waals surface area contributed by atoms with E-state index in [0.717, 1.165) is 12.0 Å². The standard InChI is InChI=1S/C21H21N5O2S/c1-13(2)29(27)17-11-7-6-10-15(17)16-12-23-19(22)18(24-16)21-26-25-20(28-21)14-8-4-3-5-9-14/h3-8,10-14H,9H2,1-2H3,(H2,22,23). The maximum Gasteiger partial charge on any atom is 0.270 e. The van der Waals surface area contributed by atoms with Gasteiger partial charge in [-0.15, -0.1) is 10.2 Å². The molecule has 0 amide bonds. The minimum Gasteiger partial charge on any atom is -0.419 e. The summed E-state index contributed by atoms with van der Waals surface area (Å²) in [6.45, 7) is 3.84. The molecule has 2 aromatic heterocycles. The number of anilines is 1. The summed E-state index contributed by atoms with van der Waals surface area (Å²) in [6, 6.07) is 7.46. The molecular weight excluding hydrogens is 386 g/mol. The highest BCUT2D eigenvalue weighted by Crippen LogP contribution is 2.31. The lowest BCUT2D eigenvalue weighted by Gasteiger charge is -2.12.